The molecule has 3 rings (SSSR count). The first-order valence-electron chi connectivity index (χ1n) is 9.04. The number of hydrogen-bond acceptors (Lipinski definition) is 4. The van der Waals surface area contributed by atoms with Gasteiger partial charge in [-0.15, -0.1) is 0 Å². The molecular weight excluding hydrogens is 394 g/mol. The number of aromatic nitrogens is 2. The zero-order valence-corrected chi connectivity index (χ0v) is 18.1. The van der Waals surface area contributed by atoms with Crippen molar-refractivity contribution in [1.29, 1.82) is 0 Å². The third-order valence-electron chi connectivity index (χ3n) is 4.47. The Morgan fingerprint density at radius 1 is 1.21 bits per heavy atom. The van der Waals surface area contributed by atoms with Crippen molar-refractivity contribution in [2.24, 2.45) is 0 Å². The van der Waals surface area contributed by atoms with Crippen molar-refractivity contribution in [3.63, 3.8) is 0 Å². The molecule has 7 heteroatoms. The zero-order valence-electron chi connectivity index (χ0n) is 16.5. The van der Waals surface area contributed by atoms with Crippen LogP contribution in [0.25, 0.3) is 11.0 Å². The number of imidazole rings is 1. The molecule has 0 fully saturated rings. The van der Waals surface area contributed by atoms with Crippen molar-refractivity contribution < 1.29 is 9.53 Å². The van der Waals surface area contributed by atoms with Crippen molar-refractivity contribution in [3.05, 3.63) is 52.0 Å². The molecule has 1 aromatic heterocycles. The fraction of sp³-hybridized carbons (Fsp3) is 0.333. The maximum atomic E-state index is 12.6. The van der Waals surface area contributed by atoms with E-state index in [-0.39, 0.29) is 11.7 Å². The van der Waals surface area contributed by atoms with E-state index in [2.05, 4.69) is 33.9 Å². The van der Waals surface area contributed by atoms with E-state index in [1.807, 2.05) is 32.0 Å². The van der Waals surface area contributed by atoms with Crippen molar-refractivity contribution >= 4 is 46.0 Å². The fourth-order valence-electron chi connectivity index (χ4n) is 3.27. The number of nitrogens with one attached hydrogen (secondary N) is 1. The van der Waals surface area contributed by atoms with Crippen molar-refractivity contribution in [1.82, 2.24) is 9.55 Å². The van der Waals surface area contributed by atoms with Gasteiger partial charge in [-0.2, -0.15) is 0 Å². The van der Waals surface area contributed by atoms with Gasteiger partial charge in [0.2, 0.25) is 5.91 Å². The van der Waals surface area contributed by atoms with Crippen LogP contribution in [-0.2, 0) is 16.1 Å². The number of carbonyl (C=O) groups excluding carboxylic acids is 1. The Labute approximate surface area is 174 Å². The summed E-state index contributed by atoms with van der Waals surface area (Å²) in [6.07, 6.45) is 0. The highest BCUT2D eigenvalue weighted by Gasteiger charge is 2.14. The Morgan fingerprint density at radius 2 is 1.93 bits per heavy atom. The Kier molecular flexibility index (Phi) is 6.65. The number of amides is 1. The molecule has 1 heterocycles. The molecule has 0 bridgehead atoms. The summed E-state index contributed by atoms with van der Waals surface area (Å²) in [6.45, 7) is 7.30. The van der Waals surface area contributed by atoms with Gasteiger partial charge >= 0.3 is 0 Å². The van der Waals surface area contributed by atoms with E-state index in [0.717, 1.165) is 33.0 Å². The summed E-state index contributed by atoms with van der Waals surface area (Å²) >= 11 is 7.51. The lowest BCUT2D eigenvalue weighted by atomic mass is 10.1. The molecule has 0 atom stereocenters. The average molecular weight is 418 g/mol. The lowest BCUT2D eigenvalue weighted by Crippen LogP contribution is -2.16. The monoisotopic (exact) mass is 417 g/mol. The van der Waals surface area contributed by atoms with E-state index >= 15 is 0 Å². The Morgan fingerprint density at radius 3 is 2.61 bits per heavy atom. The van der Waals surface area contributed by atoms with Crippen LogP contribution in [0, 0.1) is 20.8 Å². The molecule has 0 saturated heterocycles. The van der Waals surface area contributed by atoms with Gasteiger partial charge in [-0.3, -0.25) is 4.79 Å². The standard InChI is InChI=1S/C21H24ClN3O2S/c1-13-9-14(2)20(15(3)10-13)24-19(26)12-28-21-23-17-11-16(22)5-6-18(17)25(21)7-8-27-4/h5-6,9-11H,7-8,12H2,1-4H3,(H,24,26). The molecule has 1 N–H and O–H groups in total. The van der Waals surface area contributed by atoms with Crippen LogP contribution < -0.4 is 5.32 Å². The first-order valence-corrected chi connectivity index (χ1v) is 10.4. The van der Waals surface area contributed by atoms with E-state index in [4.69, 9.17) is 16.3 Å². The van der Waals surface area contributed by atoms with Crippen LogP contribution >= 0.6 is 23.4 Å². The van der Waals surface area contributed by atoms with Gasteiger partial charge < -0.3 is 14.6 Å². The summed E-state index contributed by atoms with van der Waals surface area (Å²) in [6, 6.07) is 9.78. The molecule has 0 saturated carbocycles. The van der Waals surface area contributed by atoms with Gasteiger partial charge in [0.1, 0.15) is 0 Å². The summed E-state index contributed by atoms with van der Waals surface area (Å²) in [5.41, 5.74) is 6.01. The van der Waals surface area contributed by atoms with Gasteiger partial charge in [0, 0.05) is 24.4 Å². The summed E-state index contributed by atoms with van der Waals surface area (Å²) in [7, 11) is 1.67. The van der Waals surface area contributed by atoms with Crippen LogP contribution in [0.1, 0.15) is 16.7 Å². The summed E-state index contributed by atoms with van der Waals surface area (Å²) in [4.78, 5) is 17.2. The van der Waals surface area contributed by atoms with E-state index in [9.17, 15) is 4.79 Å². The zero-order chi connectivity index (χ0) is 20.3. The Balaban J connectivity index is 1.76. The molecule has 1 amide bonds. The van der Waals surface area contributed by atoms with Crippen LogP contribution in [0.4, 0.5) is 5.69 Å². The third kappa shape index (κ3) is 4.69. The van der Waals surface area contributed by atoms with Gasteiger partial charge in [0.15, 0.2) is 5.16 Å². The van der Waals surface area contributed by atoms with Crippen LogP contribution in [-0.4, -0.2) is 34.9 Å². The van der Waals surface area contributed by atoms with E-state index < -0.39 is 0 Å². The first kappa shape index (κ1) is 20.7. The average Bonchev–Trinajstić information content (AvgIpc) is 2.97. The first-order chi connectivity index (χ1) is 13.4. The van der Waals surface area contributed by atoms with Crippen LogP contribution in [0.15, 0.2) is 35.5 Å². The largest absolute Gasteiger partial charge is 0.383 e. The third-order valence-corrected chi connectivity index (χ3v) is 5.68. The van der Waals surface area contributed by atoms with Crippen LogP contribution in [0.2, 0.25) is 5.02 Å². The predicted molar refractivity (Wildman–Crippen MR) is 117 cm³/mol. The number of ether oxygens (including phenoxy) is 1. The van der Waals surface area contributed by atoms with Gasteiger partial charge in [-0.25, -0.2) is 4.98 Å². The summed E-state index contributed by atoms with van der Waals surface area (Å²) in [5, 5.41) is 4.46. The van der Waals surface area contributed by atoms with Crippen LogP contribution in [0.3, 0.4) is 0 Å². The molecule has 5 nitrogen and oxygen atoms in total. The highest BCUT2D eigenvalue weighted by Crippen LogP contribution is 2.27. The van der Waals surface area contributed by atoms with Crippen molar-refractivity contribution in [2.45, 2.75) is 32.5 Å². The number of fused-ring (bicyclic) bond motifs is 1. The maximum absolute atomic E-state index is 12.6. The Hall–Kier alpha value is -2.02. The topological polar surface area (TPSA) is 56.1 Å². The lowest BCUT2D eigenvalue weighted by Gasteiger charge is -2.13. The number of nitrogens with zero attached hydrogens (tertiary/aromatic N) is 2. The maximum Gasteiger partial charge on any atom is 0.234 e. The second-order valence-electron chi connectivity index (χ2n) is 6.78. The molecule has 148 valence electrons. The summed E-state index contributed by atoms with van der Waals surface area (Å²) in [5.74, 6) is 0.222. The highest BCUT2D eigenvalue weighted by atomic mass is 35.5. The number of hydrogen-bond donors (Lipinski definition) is 1. The molecule has 0 aliphatic rings. The minimum Gasteiger partial charge on any atom is -0.383 e. The number of methoxy groups -OCH3 is 1. The molecule has 3 aromatic rings. The molecule has 0 aliphatic carbocycles. The van der Waals surface area contributed by atoms with Crippen molar-refractivity contribution in [3.8, 4) is 0 Å². The normalized spacial score (nSPS) is 11.2. The van der Waals surface area contributed by atoms with Gasteiger partial charge in [0.25, 0.3) is 0 Å². The van der Waals surface area contributed by atoms with Gasteiger partial charge in [-0.1, -0.05) is 41.1 Å². The fourth-order valence-corrected chi connectivity index (χ4v) is 4.28. The molecule has 0 unspecified atom stereocenters. The minimum atomic E-state index is -0.0524. The van der Waals surface area contributed by atoms with E-state index in [1.165, 1.54) is 17.3 Å². The quantitative estimate of drug-likeness (QED) is 0.550. The number of anilines is 1. The van der Waals surface area contributed by atoms with Crippen molar-refractivity contribution in [2.75, 3.05) is 24.8 Å². The van der Waals surface area contributed by atoms with Gasteiger partial charge in [-0.05, 0) is 50.1 Å². The SMILES string of the molecule is COCCn1c(SCC(=O)Nc2c(C)cc(C)cc2C)nc2cc(Cl)ccc21. The smallest absolute Gasteiger partial charge is 0.234 e. The van der Waals surface area contributed by atoms with Crippen LogP contribution in [0.5, 0.6) is 0 Å². The minimum absolute atomic E-state index is 0.0524. The van der Waals surface area contributed by atoms with E-state index in [0.29, 0.717) is 18.2 Å². The number of halogens is 1. The number of aryl methyl sites for hydroxylation is 3. The molecule has 0 radical (unpaired) electrons. The number of benzene rings is 2. The lowest BCUT2D eigenvalue weighted by molar-refractivity contribution is -0.113. The van der Waals surface area contributed by atoms with E-state index in [1.54, 1.807) is 7.11 Å². The number of rotatable bonds is 7. The molecule has 0 spiro atoms. The highest BCUT2D eigenvalue weighted by molar-refractivity contribution is 7.99. The second kappa shape index (κ2) is 8.99. The molecule has 28 heavy (non-hydrogen) atoms. The predicted octanol–water partition coefficient (Wildman–Crippen LogP) is 4.99. The van der Waals surface area contributed by atoms with Gasteiger partial charge in [0.05, 0.1) is 23.4 Å². The molecule has 0 aliphatic heterocycles. The molecule has 2 aromatic carbocycles. The Bertz CT molecular complexity index is 993. The number of carbonyl (C=O) groups is 1. The summed E-state index contributed by atoms with van der Waals surface area (Å²) < 4.78 is 7.29. The molecular formula is C21H24ClN3O2S. The second-order valence-corrected chi connectivity index (χ2v) is 8.16. The number of thioether (sulfide) groups is 1.